The maximum Gasteiger partial charge on any atom is 0.250 e. The average molecular weight is 375 g/mol. The van der Waals surface area contributed by atoms with Crippen molar-refractivity contribution in [2.45, 2.75) is 22.8 Å². The van der Waals surface area contributed by atoms with Crippen molar-refractivity contribution in [3.05, 3.63) is 40.9 Å². The van der Waals surface area contributed by atoms with E-state index in [9.17, 15) is 8.42 Å². The second kappa shape index (κ2) is 7.14. The molecule has 0 aromatic carbocycles. The van der Waals surface area contributed by atoms with E-state index in [0.717, 1.165) is 11.3 Å². The molecule has 1 aliphatic rings. The van der Waals surface area contributed by atoms with Crippen molar-refractivity contribution in [2.75, 3.05) is 13.2 Å². The molecule has 0 bridgehead atoms. The Kier molecular flexibility index (Phi) is 5.17. The highest BCUT2D eigenvalue weighted by Gasteiger charge is 2.32. The highest BCUT2D eigenvalue weighted by Crippen LogP contribution is 2.26. The third kappa shape index (κ3) is 4.21. The second-order valence-corrected chi connectivity index (χ2v) is 8.63. The van der Waals surface area contributed by atoms with Gasteiger partial charge in [-0.2, -0.15) is 0 Å². The molecule has 1 N–H and O–H groups in total. The maximum atomic E-state index is 12.4. The molecule has 0 amide bonds. The number of pyridine rings is 1. The molecule has 9 heteroatoms. The number of thiophene rings is 1. The Balaban J connectivity index is 1.74. The summed E-state index contributed by atoms with van der Waals surface area (Å²) < 4.78 is 39.4. The van der Waals surface area contributed by atoms with E-state index >= 15 is 0 Å². The molecule has 0 saturated carbocycles. The molecule has 124 valence electrons. The van der Waals surface area contributed by atoms with Crippen LogP contribution in [0.3, 0.4) is 0 Å². The fraction of sp³-hybridized carbons (Fsp3) is 0.357. The molecule has 1 aliphatic heterocycles. The van der Waals surface area contributed by atoms with E-state index in [2.05, 4.69) is 9.71 Å². The molecule has 0 aliphatic carbocycles. The molecule has 2 aromatic heterocycles. The number of aromatic nitrogens is 1. The third-order valence-corrected chi connectivity index (χ3v) is 6.55. The van der Waals surface area contributed by atoms with Crippen molar-refractivity contribution in [2.24, 2.45) is 0 Å². The number of nitrogens with one attached hydrogen (secondary N) is 1. The SMILES string of the molecule is O=S(=O)(N[C@@H]1CCOC[C@H]1Oc1ccccn1)c1ccc(Cl)s1. The maximum absolute atomic E-state index is 12.4. The van der Waals surface area contributed by atoms with Crippen molar-refractivity contribution in [1.82, 2.24) is 9.71 Å². The minimum absolute atomic E-state index is 0.186. The second-order valence-electron chi connectivity index (χ2n) is 4.97. The molecule has 1 fully saturated rings. The number of halogens is 1. The number of hydrogen-bond acceptors (Lipinski definition) is 6. The largest absolute Gasteiger partial charge is 0.470 e. The summed E-state index contributed by atoms with van der Waals surface area (Å²) in [6, 6.07) is 7.97. The lowest BCUT2D eigenvalue weighted by Crippen LogP contribution is -2.51. The Hall–Kier alpha value is -1.19. The van der Waals surface area contributed by atoms with Crippen LogP contribution in [0.5, 0.6) is 5.88 Å². The summed E-state index contributed by atoms with van der Waals surface area (Å²) in [7, 11) is -3.64. The van der Waals surface area contributed by atoms with Gasteiger partial charge in [0.1, 0.15) is 10.3 Å². The molecular formula is C14H15ClN2O4S2. The van der Waals surface area contributed by atoms with E-state index in [0.29, 0.717) is 29.9 Å². The standard InChI is InChI=1S/C14H15ClN2O4S2/c15-12-4-5-14(22-12)23(18,19)17-10-6-8-20-9-11(10)21-13-3-1-2-7-16-13/h1-5,7,10-11,17H,6,8-9H2/t10-,11-/m1/s1. The number of nitrogens with zero attached hydrogens (tertiary/aromatic N) is 1. The van der Waals surface area contributed by atoms with Crippen molar-refractivity contribution < 1.29 is 17.9 Å². The normalized spacial score (nSPS) is 22.0. The molecule has 1 saturated heterocycles. The number of rotatable bonds is 5. The third-order valence-electron chi connectivity index (χ3n) is 3.33. The number of hydrogen-bond donors (Lipinski definition) is 1. The van der Waals surface area contributed by atoms with Crippen LogP contribution in [0.15, 0.2) is 40.7 Å². The molecule has 3 heterocycles. The highest BCUT2D eigenvalue weighted by atomic mass is 35.5. The number of sulfonamides is 1. The van der Waals surface area contributed by atoms with Gasteiger partial charge in [0.2, 0.25) is 15.9 Å². The van der Waals surface area contributed by atoms with E-state index in [1.54, 1.807) is 30.5 Å². The smallest absolute Gasteiger partial charge is 0.250 e. The predicted molar refractivity (Wildman–Crippen MR) is 87.5 cm³/mol. The summed E-state index contributed by atoms with van der Waals surface area (Å²) in [6.45, 7) is 0.773. The van der Waals surface area contributed by atoms with Crippen LogP contribution >= 0.6 is 22.9 Å². The van der Waals surface area contributed by atoms with E-state index in [-0.39, 0.29) is 4.21 Å². The predicted octanol–water partition coefficient (Wildman–Crippen LogP) is 2.31. The van der Waals surface area contributed by atoms with Crippen molar-refractivity contribution >= 4 is 33.0 Å². The zero-order chi connectivity index (χ0) is 16.3. The van der Waals surface area contributed by atoms with Crippen LogP contribution in [0.4, 0.5) is 0 Å². The average Bonchev–Trinajstić information content (AvgIpc) is 2.98. The quantitative estimate of drug-likeness (QED) is 0.868. The molecule has 2 aromatic rings. The molecule has 0 unspecified atom stereocenters. The minimum atomic E-state index is -3.64. The summed E-state index contributed by atoms with van der Waals surface area (Å²) in [5, 5.41) is 0. The van der Waals surface area contributed by atoms with E-state index in [1.807, 2.05) is 0 Å². The first-order chi connectivity index (χ1) is 11.0. The van der Waals surface area contributed by atoms with Gasteiger partial charge in [-0.1, -0.05) is 17.7 Å². The fourth-order valence-corrected chi connectivity index (χ4v) is 5.03. The first-order valence-corrected chi connectivity index (χ1v) is 9.65. The zero-order valence-corrected chi connectivity index (χ0v) is 14.4. The van der Waals surface area contributed by atoms with Crippen LogP contribution in [0.25, 0.3) is 0 Å². The van der Waals surface area contributed by atoms with Crippen LogP contribution < -0.4 is 9.46 Å². The lowest BCUT2D eigenvalue weighted by atomic mass is 10.1. The summed E-state index contributed by atoms with van der Waals surface area (Å²) in [4.78, 5) is 4.09. The Morgan fingerprint density at radius 2 is 2.22 bits per heavy atom. The van der Waals surface area contributed by atoms with Gasteiger partial charge >= 0.3 is 0 Å². The van der Waals surface area contributed by atoms with E-state index in [4.69, 9.17) is 21.1 Å². The minimum Gasteiger partial charge on any atom is -0.470 e. The van der Waals surface area contributed by atoms with Crippen molar-refractivity contribution in [1.29, 1.82) is 0 Å². The fourth-order valence-electron chi connectivity index (χ4n) is 2.23. The highest BCUT2D eigenvalue weighted by molar-refractivity contribution is 7.91. The number of ether oxygens (including phenoxy) is 2. The van der Waals surface area contributed by atoms with Gasteiger partial charge in [-0.15, -0.1) is 11.3 Å². The van der Waals surface area contributed by atoms with Crippen LogP contribution in [-0.2, 0) is 14.8 Å². The molecule has 6 nitrogen and oxygen atoms in total. The monoisotopic (exact) mass is 374 g/mol. The molecule has 2 atom stereocenters. The summed E-state index contributed by atoms with van der Waals surface area (Å²) in [5.74, 6) is 0.436. The lowest BCUT2D eigenvalue weighted by molar-refractivity contribution is -0.0111. The Morgan fingerprint density at radius 3 is 2.91 bits per heavy atom. The van der Waals surface area contributed by atoms with Crippen molar-refractivity contribution in [3.63, 3.8) is 0 Å². The van der Waals surface area contributed by atoms with Gasteiger partial charge < -0.3 is 9.47 Å². The molecular weight excluding hydrogens is 360 g/mol. The van der Waals surface area contributed by atoms with E-state index < -0.39 is 22.2 Å². The van der Waals surface area contributed by atoms with Gasteiger partial charge in [0, 0.05) is 18.9 Å². The molecule has 0 radical (unpaired) electrons. The molecule has 3 rings (SSSR count). The van der Waals surface area contributed by atoms with Gasteiger partial charge in [0.15, 0.2) is 0 Å². The first kappa shape index (κ1) is 16.7. The van der Waals surface area contributed by atoms with Crippen LogP contribution in [0.1, 0.15) is 6.42 Å². The van der Waals surface area contributed by atoms with Gasteiger partial charge in [-0.25, -0.2) is 18.1 Å². The molecule has 0 spiro atoms. The van der Waals surface area contributed by atoms with Gasteiger partial charge in [0.25, 0.3) is 0 Å². The van der Waals surface area contributed by atoms with E-state index in [1.165, 1.54) is 6.07 Å². The van der Waals surface area contributed by atoms with Gasteiger partial charge in [-0.05, 0) is 24.6 Å². The van der Waals surface area contributed by atoms with Gasteiger partial charge in [-0.3, -0.25) is 0 Å². The Morgan fingerprint density at radius 1 is 1.35 bits per heavy atom. The van der Waals surface area contributed by atoms with Crippen LogP contribution in [0, 0.1) is 0 Å². The zero-order valence-electron chi connectivity index (χ0n) is 12.0. The van der Waals surface area contributed by atoms with Gasteiger partial charge in [0.05, 0.1) is 17.0 Å². The topological polar surface area (TPSA) is 77.5 Å². The summed E-state index contributed by atoms with van der Waals surface area (Å²) >= 11 is 6.84. The van der Waals surface area contributed by atoms with Crippen LogP contribution in [0.2, 0.25) is 4.34 Å². The van der Waals surface area contributed by atoms with Crippen molar-refractivity contribution in [3.8, 4) is 5.88 Å². The lowest BCUT2D eigenvalue weighted by Gasteiger charge is -2.31. The molecule has 23 heavy (non-hydrogen) atoms. The Labute approximate surface area is 143 Å². The first-order valence-electron chi connectivity index (χ1n) is 6.98. The van der Waals surface area contributed by atoms with Crippen LogP contribution in [-0.4, -0.2) is 38.8 Å². The summed E-state index contributed by atoms with van der Waals surface area (Å²) in [5.41, 5.74) is 0. The summed E-state index contributed by atoms with van der Waals surface area (Å²) in [6.07, 6.45) is 1.70. The Bertz CT molecular complexity index is 751.